The third-order valence-corrected chi connectivity index (χ3v) is 5.13. The van der Waals surface area contributed by atoms with Crippen LogP contribution in [0, 0.1) is 6.92 Å². The molecule has 0 aromatic heterocycles. The third kappa shape index (κ3) is 4.64. The van der Waals surface area contributed by atoms with Gasteiger partial charge in [0.1, 0.15) is 0 Å². The van der Waals surface area contributed by atoms with Crippen molar-refractivity contribution in [1.29, 1.82) is 0 Å². The monoisotopic (exact) mass is 364 g/mol. The minimum Gasteiger partial charge on any atom is -0.352 e. The predicted octanol–water partition coefficient (Wildman–Crippen LogP) is 2.47. The number of carbonyl (C=O) groups excluding carboxylic acids is 2. The molecule has 1 saturated carbocycles. The Morgan fingerprint density at radius 1 is 1.20 bits per heavy atom. The molecule has 0 radical (unpaired) electrons. The number of nitrogens with one attached hydrogen (secondary N) is 2. The highest BCUT2D eigenvalue weighted by atomic mass is 35.5. The summed E-state index contributed by atoms with van der Waals surface area (Å²) in [5.41, 5.74) is 1.67. The van der Waals surface area contributed by atoms with E-state index in [0.717, 1.165) is 18.4 Å². The number of rotatable bonds is 4. The van der Waals surface area contributed by atoms with E-state index >= 15 is 0 Å². The Morgan fingerprint density at radius 2 is 1.88 bits per heavy atom. The van der Waals surface area contributed by atoms with Crippen molar-refractivity contribution in [2.75, 3.05) is 31.5 Å². The number of anilines is 1. The predicted molar refractivity (Wildman–Crippen MR) is 99.0 cm³/mol. The molecule has 2 fully saturated rings. The van der Waals surface area contributed by atoms with Gasteiger partial charge in [0, 0.05) is 32.2 Å². The molecule has 7 heteroatoms. The zero-order chi connectivity index (χ0) is 18.0. The Bertz CT molecular complexity index is 654. The lowest BCUT2D eigenvalue weighted by atomic mass is 10.2. The largest absolute Gasteiger partial charge is 0.352 e. The van der Waals surface area contributed by atoms with E-state index in [1.54, 1.807) is 4.90 Å². The van der Waals surface area contributed by atoms with Gasteiger partial charge in [0.15, 0.2) is 0 Å². The first-order chi connectivity index (χ1) is 11.9. The van der Waals surface area contributed by atoms with E-state index < -0.39 is 0 Å². The average molecular weight is 365 g/mol. The normalized spacial score (nSPS) is 19.4. The number of halogens is 1. The van der Waals surface area contributed by atoms with Crippen molar-refractivity contribution in [3.05, 3.63) is 28.8 Å². The molecular formula is C18H25ClN4O2. The molecule has 1 saturated heterocycles. The summed E-state index contributed by atoms with van der Waals surface area (Å²) >= 11 is 6.17. The average Bonchev–Trinajstić information content (AvgIpc) is 3.40. The number of piperazine rings is 1. The van der Waals surface area contributed by atoms with Crippen LogP contribution in [-0.4, -0.2) is 60.0 Å². The van der Waals surface area contributed by atoms with Gasteiger partial charge in [-0.05, 0) is 44.4 Å². The highest BCUT2D eigenvalue weighted by molar-refractivity contribution is 6.33. The summed E-state index contributed by atoms with van der Waals surface area (Å²) in [4.78, 5) is 28.5. The van der Waals surface area contributed by atoms with Gasteiger partial charge in [0.25, 0.3) is 0 Å². The number of aryl methyl sites for hydroxylation is 1. The van der Waals surface area contributed by atoms with Crippen molar-refractivity contribution in [3.8, 4) is 0 Å². The summed E-state index contributed by atoms with van der Waals surface area (Å²) in [6, 6.07) is 5.63. The topological polar surface area (TPSA) is 64.7 Å². The van der Waals surface area contributed by atoms with Crippen molar-refractivity contribution in [3.63, 3.8) is 0 Å². The highest BCUT2D eigenvalue weighted by Gasteiger charge is 2.30. The van der Waals surface area contributed by atoms with Crippen LogP contribution in [0.4, 0.5) is 10.5 Å². The zero-order valence-electron chi connectivity index (χ0n) is 14.7. The second-order valence-corrected chi connectivity index (χ2v) is 7.30. The van der Waals surface area contributed by atoms with Crippen LogP contribution in [0.2, 0.25) is 5.02 Å². The number of urea groups is 1. The Hall–Kier alpha value is -1.79. The van der Waals surface area contributed by atoms with Crippen molar-refractivity contribution in [2.24, 2.45) is 0 Å². The number of carbonyl (C=O) groups is 2. The summed E-state index contributed by atoms with van der Waals surface area (Å²) in [5.74, 6) is 0.0897. The van der Waals surface area contributed by atoms with E-state index in [1.165, 1.54) is 0 Å². The molecule has 3 rings (SSSR count). The van der Waals surface area contributed by atoms with Crippen LogP contribution >= 0.6 is 11.6 Å². The second kappa shape index (κ2) is 7.62. The van der Waals surface area contributed by atoms with Crippen molar-refractivity contribution >= 4 is 29.2 Å². The molecule has 1 aromatic rings. The Morgan fingerprint density at radius 3 is 2.48 bits per heavy atom. The van der Waals surface area contributed by atoms with Crippen LogP contribution in [0.15, 0.2) is 18.2 Å². The summed E-state index contributed by atoms with van der Waals surface area (Å²) in [6.07, 6.45) is 2.18. The van der Waals surface area contributed by atoms with Crippen LogP contribution in [0.3, 0.4) is 0 Å². The van der Waals surface area contributed by atoms with E-state index in [1.807, 2.05) is 32.0 Å². The van der Waals surface area contributed by atoms with E-state index in [-0.39, 0.29) is 18.0 Å². The molecule has 0 bridgehead atoms. The van der Waals surface area contributed by atoms with Gasteiger partial charge in [-0.3, -0.25) is 9.69 Å². The Labute approximate surface area is 153 Å². The maximum atomic E-state index is 12.4. The molecule has 1 aliphatic carbocycles. The van der Waals surface area contributed by atoms with E-state index in [9.17, 15) is 9.59 Å². The van der Waals surface area contributed by atoms with E-state index in [4.69, 9.17) is 11.6 Å². The lowest BCUT2D eigenvalue weighted by Gasteiger charge is -2.37. The van der Waals surface area contributed by atoms with Crippen LogP contribution < -0.4 is 10.6 Å². The molecule has 6 nitrogen and oxygen atoms in total. The number of hydrogen-bond acceptors (Lipinski definition) is 3. The van der Waals surface area contributed by atoms with Crippen LogP contribution in [-0.2, 0) is 4.79 Å². The first-order valence-electron chi connectivity index (χ1n) is 8.80. The molecule has 1 unspecified atom stereocenters. The third-order valence-electron chi connectivity index (χ3n) is 4.82. The molecule has 2 N–H and O–H groups in total. The lowest BCUT2D eigenvalue weighted by Crippen LogP contribution is -2.55. The number of amides is 3. The molecule has 1 atom stereocenters. The maximum Gasteiger partial charge on any atom is 0.321 e. The molecule has 25 heavy (non-hydrogen) atoms. The fourth-order valence-electron chi connectivity index (χ4n) is 2.94. The highest BCUT2D eigenvalue weighted by Crippen LogP contribution is 2.23. The van der Waals surface area contributed by atoms with Crippen molar-refractivity contribution in [1.82, 2.24) is 15.1 Å². The van der Waals surface area contributed by atoms with E-state index in [0.29, 0.717) is 42.9 Å². The number of benzene rings is 1. The fraction of sp³-hybridized carbons (Fsp3) is 0.556. The molecule has 1 aliphatic heterocycles. The second-order valence-electron chi connectivity index (χ2n) is 6.90. The molecular weight excluding hydrogens is 340 g/mol. The van der Waals surface area contributed by atoms with Gasteiger partial charge < -0.3 is 15.5 Å². The van der Waals surface area contributed by atoms with Gasteiger partial charge in [-0.15, -0.1) is 0 Å². The molecule has 1 heterocycles. The minimum atomic E-state index is -0.155. The molecule has 3 amide bonds. The standard InChI is InChI=1S/C18H25ClN4O2/c1-12-3-6-16(15(19)11-12)21-18(25)23-9-7-22(8-10-23)13(2)17(24)20-14-4-5-14/h3,6,11,13-14H,4-5,7-10H2,1-2H3,(H,20,24)(H,21,25). The van der Waals surface area contributed by atoms with Gasteiger partial charge in [-0.2, -0.15) is 0 Å². The van der Waals surface area contributed by atoms with Gasteiger partial charge in [-0.1, -0.05) is 17.7 Å². The molecule has 2 aliphatic rings. The van der Waals surface area contributed by atoms with Gasteiger partial charge in [0.2, 0.25) is 5.91 Å². The van der Waals surface area contributed by atoms with Crippen LogP contribution in [0.25, 0.3) is 0 Å². The summed E-state index contributed by atoms with van der Waals surface area (Å²) < 4.78 is 0. The number of hydrogen-bond donors (Lipinski definition) is 2. The van der Waals surface area contributed by atoms with Gasteiger partial charge in [0.05, 0.1) is 16.8 Å². The Kier molecular flexibility index (Phi) is 5.49. The summed E-state index contributed by atoms with van der Waals surface area (Å²) in [6.45, 7) is 6.45. The quantitative estimate of drug-likeness (QED) is 0.862. The minimum absolute atomic E-state index is 0.0897. The van der Waals surface area contributed by atoms with Gasteiger partial charge >= 0.3 is 6.03 Å². The first-order valence-corrected chi connectivity index (χ1v) is 9.18. The van der Waals surface area contributed by atoms with Gasteiger partial charge in [-0.25, -0.2) is 4.79 Å². The molecule has 0 spiro atoms. The molecule has 136 valence electrons. The van der Waals surface area contributed by atoms with Crippen LogP contribution in [0.5, 0.6) is 0 Å². The zero-order valence-corrected chi connectivity index (χ0v) is 15.5. The SMILES string of the molecule is Cc1ccc(NC(=O)N2CCN(C(C)C(=O)NC3CC3)CC2)c(Cl)c1. The number of nitrogens with zero attached hydrogens (tertiary/aromatic N) is 2. The summed E-state index contributed by atoms with van der Waals surface area (Å²) in [7, 11) is 0. The summed E-state index contributed by atoms with van der Waals surface area (Å²) in [5, 5.41) is 6.44. The van der Waals surface area contributed by atoms with Crippen molar-refractivity contribution < 1.29 is 9.59 Å². The lowest BCUT2D eigenvalue weighted by molar-refractivity contribution is -0.126. The fourth-order valence-corrected chi connectivity index (χ4v) is 3.23. The smallest absolute Gasteiger partial charge is 0.321 e. The Balaban J connectivity index is 1.49. The maximum absolute atomic E-state index is 12.4. The van der Waals surface area contributed by atoms with E-state index in [2.05, 4.69) is 15.5 Å². The molecule has 1 aromatic carbocycles. The first kappa shape index (κ1) is 18.0. The van der Waals surface area contributed by atoms with Crippen LogP contribution in [0.1, 0.15) is 25.3 Å². The van der Waals surface area contributed by atoms with Crippen molar-refractivity contribution in [2.45, 2.75) is 38.8 Å².